The van der Waals surface area contributed by atoms with E-state index in [1.54, 1.807) is 4.90 Å². The molecule has 0 aromatic heterocycles. The van der Waals surface area contributed by atoms with E-state index in [1.807, 2.05) is 38.1 Å². The molecule has 1 aromatic carbocycles. The van der Waals surface area contributed by atoms with Crippen LogP contribution in [0.5, 0.6) is 0 Å². The zero-order chi connectivity index (χ0) is 11.5. The van der Waals surface area contributed by atoms with Gasteiger partial charge in [0.15, 0.2) is 0 Å². The minimum Gasteiger partial charge on any atom is -0.382 e. The lowest BCUT2D eigenvalue weighted by Gasteiger charge is -2.30. The fourth-order valence-electron chi connectivity index (χ4n) is 1.82. The van der Waals surface area contributed by atoms with Crippen LogP contribution in [-0.4, -0.2) is 25.2 Å². The minimum atomic E-state index is -0.0241. The number of urea groups is 1. The van der Waals surface area contributed by atoms with Gasteiger partial charge in [-0.2, -0.15) is 0 Å². The van der Waals surface area contributed by atoms with Crippen LogP contribution in [0.25, 0.3) is 0 Å². The summed E-state index contributed by atoms with van der Waals surface area (Å²) in [5.74, 6) is 0. The summed E-state index contributed by atoms with van der Waals surface area (Å²) in [4.78, 5) is 13.7. The summed E-state index contributed by atoms with van der Waals surface area (Å²) in [5, 5.41) is 6.19. The number of fused-ring (bicyclic) bond motifs is 1. The van der Waals surface area contributed by atoms with Crippen molar-refractivity contribution in [2.75, 3.05) is 23.3 Å². The number of hydrogen-bond donors (Lipinski definition) is 2. The van der Waals surface area contributed by atoms with Gasteiger partial charge in [0, 0.05) is 19.1 Å². The maximum Gasteiger partial charge on any atom is 0.322 e. The second-order valence-corrected chi connectivity index (χ2v) is 4.20. The lowest BCUT2D eigenvalue weighted by Crippen LogP contribution is -2.47. The highest BCUT2D eigenvalue weighted by Gasteiger charge is 2.21. The molecule has 16 heavy (non-hydrogen) atoms. The molecule has 2 rings (SSSR count). The number of para-hydroxylation sites is 2. The van der Waals surface area contributed by atoms with Gasteiger partial charge in [-0.05, 0) is 26.0 Å². The zero-order valence-electron chi connectivity index (χ0n) is 9.66. The van der Waals surface area contributed by atoms with Gasteiger partial charge in [-0.1, -0.05) is 12.1 Å². The van der Waals surface area contributed by atoms with Gasteiger partial charge >= 0.3 is 6.03 Å². The summed E-state index contributed by atoms with van der Waals surface area (Å²) in [7, 11) is 0. The van der Waals surface area contributed by atoms with Crippen molar-refractivity contribution >= 4 is 17.4 Å². The Kier molecular flexibility index (Phi) is 2.99. The monoisotopic (exact) mass is 219 g/mol. The summed E-state index contributed by atoms with van der Waals surface area (Å²) in [6.07, 6.45) is 0. The first kappa shape index (κ1) is 10.8. The van der Waals surface area contributed by atoms with Crippen LogP contribution >= 0.6 is 0 Å². The first-order valence-corrected chi connectivity index (χ1v) is 5.59. The van der Waals surface area contributed by atoms with Crippen LogP contribution in [0.1, 0.15) is 13.8 Å². The van der Waals surface area contributed by atoms with Crippen LogP contribution in [0.15, 0.2) is 24.3 Å². The fourth-order valence-corrected chi connectivity index (χ4v) is 1.82. The summed E-state index contributed by atoms with van der Waals surface area (Å²) in [6.45, 7) is 5.43. The summed E-state index contributed by atoms with van der Waals surface area (Å²) in [6, 6.07) is 8.00. The minimum absolute atomic E-state index is 0.0241. The number of nitrogens with zero attached hydrogens (tertiary/aromatic N) is 1. The van der Waals surface area contributed by atoms with E-state index < -0.39 is 0 Å². The van der Waals surface area contributed by atoms with Crippen LogP contribution in [0.2, 0.25) is 0 Å². The quantitative estimate of drug-likeness (QED) is 0.759. The molecule has 86 valence electrons. The number of benzene rings is 1. The van der Waals surface area contributed by atoms with Gasteiger partial charge in [0.1, 0.15) is 0 Å². The SMILES string of the molecule is CC(C)NC(=O)N1CCNc2ccccc21. The average molecular weight is 219 g/mol. The van der Waals surface area contributed by atoms with Crippen molar-refractivity contribution in [3.8, 4) is 0 Å². The average Bonchev–Trinajstić information content (AvgIpc) is 2.27. The van der Waals surface area contributed by atoms with E-state index in [1.165, 1.54) is 0 Å². The third kappa shape index (κ3) is 2.10. The van der Waals surface area contributed by atoms with E-state index in [-0.39, 0.29) is 12.1 Å². The van der Waals surface area contributed by atoms with Crippen molar-refractivity contribution in [2.24, 2.45) is 0 Å². The molecular formula is C12H17N3O. The van der Waals surface area contributed by atoms with Gasteiger partial charge < -0.3 is 10.6 Å². The van der Waals surface area contributed by atoms with E-state index in [9.17, 15) is 4.79 Å². The molecule has 0 aliphatic carbocycles. The van der Waals surface area contributed by atoms with Crippen molar-refractivity contribution in [1.82, 2.24) is 5.32 Å². The molecule has 0 unspecified atom stereocenters. The molecule has 1 aliphatic rings. The van der Waals surface area contributed by atoms with Crippen LogP contribution in [-0.2, 0) is 0 Å². The Morgan fingerprint density at radius 1 is 1.44 bits per heavy atom. The van der Waals surface area contributed by atoms with E-state index in [0.717, 1.165) is 17.9 Å². The Labute approximate surface area is 95.6 Å². The molecule has 0 saturated heterocycles. The van der Waals surface area contributed by atoms with Crippen LogP contribution in [0, 0.1) is 0 Å². The van der Waals surface area contributed by atoms with Gasteiger partial charge in [0.25, 0.3) is 0 Å². The van der Waals surface area contributed by atoms with Gasteiger partial charge in [-0.15, -0.1) is 0 Å². The Hall–Kier alpha value is -1.71. The molecule has 0 atom stereocenters. The molecule has 0 bridgehead atoms. The van der Waals surface area contributed by atoms with E-state index >= 15 is 0 Å². The smallest absolute Gasteiger partial charge is 0.322 e. The van der Waals surface area contributed by atoms with Gasteiger partial charge in [0.05, 0.1) is 11.4 Å². The largest absolute Gasteiger partial charge is 0.382 e. The Bertz CT molecular complexity index is 390. The number of rotatable bonds is 1. The molecule has 4 nitrogen and oxygen atoms in total. The Balaban J connectivity index is 2.21. The molecule has 4 heteroatoms. The summed E-state index contributed by atoms with van der Waals surface area (Å²) >= 11 is 0. The number of hydrogen-bond acceptors (Lipinski definition) is 2. The van der Waals surface area contributed by atoms with Crippen molar-refractivity contribution in [3.63, 3.8) is 0 Å². The predicted octanol–water partition coefficient (Wildman–Crippen LogP) is 2.04. The van der Waals surface area contributed by atoms with E-state index in [4.69, 9.17) is 0 Å². The zero-order valence-corrected chi connectivity index (χ0v) is 9.66. The molecule has 0 fully saturated rings. The normalized spacial score (nSPS) is 14.3. The van der Waals surface area contributed by atoms with Crippen molar-refractivity contribution in [1.29, 1.82) is 0 Å². The van der Waals surface area contributed by atoms with E-state index in [0.29, 0.717) is 6.54 Å². The van der Waals surface area contributed by atoms with Crippen molar-refractivity contribution in [3.05, 3.63) is 24.3 Å². The van der Waals surface area contributed by atoms with Crippen molar-refractivity contribution < 1.29 is 4.79 Å². The van der Waals surface area contributed by atoms with Gasteiger partial charge in [-0.3, -0.25) is 4.90 Å². The Morgan fingerprint density at radius 3 is 2.94 bits per heavy atom. The number of nitrogens with one attached hydrogen (secondary N) is 2. The molecule has 0 radical (unpaired) electrons. The first-order chi connectivity index (χ1) is 7.68. The third-order valence-electron chi connectivity index (χ3n) is 2.50. The standard InChI is InChI=1S/C12H17N3O/c1-9(2)14-12(16)15-8-7-13-10-5-3-4-6-11(10)15/h3-6,9,13H,7-8H2,1-2H3,(H,14,16). The second-order valence-electron chi connectivity index (χ2n) is 4.20. The van der Waals surface area contributed by atoms with Gasteiger partial charge in [-0.25, -0.2) is 4.79 Å². The molecule has 2 amide bonds. The molecular weight excluding hydrogens is 202 g/mol. The van der Waals surface area contributed by atoms with E-state index in [2.05, 4.69) is 10.6 Å². The number of anilines is 2. The number of carbonyl (C=O) groups is 1. The molecule has 0 saturated carbocycles. The predicted molar refractivity (Wildman–Crippen MR) is 65.9 cm³/mol. The topological polar surface area (TPSA) is 44.4 Å². The summed E-state index contributed by atoms with van der Waals surface area (Å²) < 4.78 is 0. The highest BCUT2D eigenvalue weighted by atomic mass is 16.2. The molecule has 0 spiro atoms. The Morgan fingerprint density at radius 2 is 2.19 bits per heavy atom. The molecule has 1 aromatic rings. The molecule has 2 N–H and O–H groups in total. The third-order valence-corrected chi connectivity index (χ3v) is 2.50. The maximum absolute atomic E-state index is 12.0. The van der Waals surface area contributed by atoms with Crippen LogP contribution in [0.4, 0.5) is 16.2 Å². The lowest BCUT2D eigenvalue weighted by atomic mass is 10.2. The number of amides is 2. The lowest BCUT2D eigenvalue weighted by molar-refractivity contribution is 0.244. The summed E-state index contributed by atoms with van der Waals surface area (Å²) in [5.41, 5.74) is 1.97. The highest BCUT2D eigenvalue weighted by molar-refractivity contribution is 5.96. The second kappa shape index (κ2) is 4.43. The van der Waals surface area contributed by atoms with Crippen LogP contribution < -0.4 is 15.5 Å². The van der Waals surface area contributed by atoms with Crippen molar-refractivity contribution in [2.45, 2.75) is 19.9 Å². The molecule has 1 heterocycles. The highest BCUT2D eigenvalue weighted by Crippen LogP contribution is 2.28. The van der Waals surface area contributed by atoms with Gasteiger partial charge in [0.2, 0.25) is 0 Å². The fraction of sp³-hybridized carbons (Fsp3) is 0.417. The number of carbonyl (C=O) groups excluding carboxylic acids is 1. The maximum atomic E-state index is 12.0. The molecule has 1 aliphatic heterocycles. The first-order valence-electron chi connectivity index (χ1n) is 5.59. The van der Waals surface area contributed by atoms with Crippen LogP contribution in [0.3, 0.4) is 0 Å².